The first-order chi connectivity index (χ1) is 22.8. The van der Waals surface area contributed by atoms with Crippen molar-refractivity contribution in [2.75, 3.05) is 0 Å². The molecule has 296 valence electrons. The molecule has 0 aromatic carbocycles. The van der Waals surface area contributed by atoms with Gasteiger partial charge in [-0.05, 0) is 20.8 Å². The molecule has 0 aliphatic heterocycles. The van der Waals surface area contributed by atoms with Crippen molar-refractivity contribution < 1.29 is 13.5 Å². The minimum atomic E-state index is -0.0590. The summed E-state index contributed by atoms with van der Waals surface area (Å²) in [5.41, 5.74) is -0.243. The normalized spacial score (nSPS) is 13.4. The maximum absolute atomic E-state index is 5.59. The van der Waals surface area contributed by atoms with Gasteiger partial charge in [0.25, 0.3) is 0 Å². The summed E-state index contributed by atoms with van der Waals surface area (Å²) in [5, 5.41) is 20.5. The zero-order valence-electron chi connectivity index (χ0n) is 37.3. The Bertz CT molecular complexity index is 1290. The van der Waals surface area contributed by atoms with Crippen molar-refractivity contribution in [1.29, 1.82) is 0 Å². The largest absolute Gasteiger partial charge is 0.424 e. The van der Waals surface area contributed by atoms with E-state index in [4.69, 9.17) is 13.5 Å². The van der Waals surface area contributed by atoms with Crippen LogP contribution in [0.2, 0.25) is 0 Å². The summed E-state index contributed by atoms with van der Waals surface area (Å²) in [6.07, 6.45) is 1.81. The van der Waals surface area contributed by atoms with Gasteiger partial charge in [-0.15, -0.1) is 10.2 Å². The lowest BCUT2D eigenvalue weighted by molar-refractivity contribution is 0.314. The molecule has 4 rings (SSSR count). The van der Waals surface area contributed by atoms with E-state index >= 15 is 0 Å². The summed E-state index contributed by atoms with van der Waals surface area (Å²) in [7, 11) is 0. The lowest BCUT2D eigenvalue weighted by atomic mass is 9.94. The van der Waals surface area contributed by atoms with Crippen molar-refractivity contribution in [3.63, 3.8) is 0 Å². The van der Waals surface area contributed by atoms with Gasteiger partial charge in [0.1, 0.15) is 6.33 Å². The Labute approximate surface area is 315 Å². The lowest BCUT2D eigenvalue weighted by Gasteiger charge is -2.19. The first kappa shape index (κ1) is 46.6. The third-order valence-corrected chi connectivity index (χ3v) is 7.04. The quantitative estimate of drug-likeness (QED) is 0.170. The van der Waals surface area contributed by atoms with Crippen molar-refractivity contribution >= 4 is 0 Å². The predicted octanol–water partition coefficient (Wildman–Crippen LogP) is 10.3. The van der Waals surface area contributed by atoms with Gasteiger partial charge in [0.2, 0.25) is 23.6 Å². The molecule has 0 bridgehead atoms. The summed E-state index contributed by atoms with van der Waals surface area (Å²) in [6.45, 7) is 49.9. The second-order valence-corrected chi connectivity index (χ2v) is 21.7. The van der Waals surface area contributed by atoms with Gasteiger partial charge >= 0.3 is 0 Å². The first-order valence-corrected chi connectivity index (χ1v) is 18.3. The van der Waals surface area contributed by atoms with Crippen LogP contribution in [-0.2, 0) is 43.4 Å². The van der Waals surface area contributed by atoms with Crippen LogP contribution in [0.25, 0.3) is 0 Å². The molecule has 4 aromatic heterocycles. The molecular weight excluding hydrogens is 655 g/mol. The van der Waals surface area contributed by atoms with Crippen LogP contribution in [-0.4, -0.2) is 45.2 Å². The predicted molar refractivity (Wildman–Crippen MR) is 209 cm³/mol. The topological polar surface area (TPSA) is 147 Å². The molecule has 0 N–H and O–H groups in total. The van der Waals surface area contributed by atoms with Crippen LogP contribution in [0.5, 0.6) is 0 Å². The molecule has 0 saturated carbocycles. The molecule has 0 radical (unpaired) electrons. The number of hydrogen-bond acceptors (Lipinski definition) is 11. The van der Waals surface area contributed by atoms with Gasteiger partial charge < -0.3 is 13.5 Å². The van der Waals surface area contributed by atoms with Gasteiger partial charge in [-0.3, -0.25) is 0 Å². The Hall–Kier alpha value is -3.44. The van der Waals surface area contributed by atoms with Crippen LogP contribution >= 0.6 is 0 Å². The molecule has 0 amide bonds. The Morgan fingerprint density at radius 2 is 0.712 bits per heavy atom. The van der Waals surface area contributed by atoms with Crippen molar-refractivity contribution in [2.45, 2.75) is 210 Å². The third-order valence-electron chi connectivity index (χ3n) is 7.04. The summed E-state index contributed by atoms with van der Waals surface area (Å²) in [6, 6.07) is 0. The molecule has 4 heterocycles. The van der Waals surface area contributed by atoms with Gasteiger partial charge in [0.15, 0.2) is 17.5 Å². The first-order valence-electron chi connectivity index (χ1n) is 18.3. The molecule has 52 heavy (non-hydrogen) atoms. The minimum Gasteiger partial charge on any atom is -0.424 e. The number of hydrogen-bond donors (Lipinski definition) is 0. The van der Waals surface area contributed by atoms with Crippen LogP contribution in [0.3, 0.4) is 0 Å². The molecule has 0 atom stereocenters. The number of nitrogens with zero attached hydrogens (tertiary/aromatic N) is 9. The minimum absolute atomic E-state index is 0.0243. The highest BCUT2D eigenvalue weighted by atomic mass is 16.5. The Balaban J connectivity index is 0.000000347. The van der Waals surface area contributed by atoms with E-state index in [9.17, 15) is 0 Å². The van der Waals surface area contributed by atoms with E-state index in [0.29, 0.717) is 23.6 Å². The van der Waals surface area contributed by atoms with Crippen LogP contribution in [0, 0.1) is 0 Å². The molecule has 0 aliphatic carbocycles. The fourth-order valence-corrected chi connectivity index (χ4v) is 3.42. The van der Waals surface area contributed by atoms with E-state index in [1.165, 1.54) is 0 Å². The summed E-state index contributed by atoms with van der Waals surface area (Å²) in [5.74, 6) is 5.28. The average Bonchev–Trinajstić information content (AvgIpc) is 3.72. The van der Waals surface area contributed by atoms with E-state index in [-0.39, 0.29) is 43.4 Å². The second-order valence-electron chi connectivity index (χ2n) is 21.7. The van der Waals surface area contributed by atoms with Gasteiger partial charge in [-0.25, -0.2) is 9.67 Å². The van der Waals surface area contributed by atoms with E-state index in [2.05, 4.69) is 207 Å². The van der Waals surface area contributed by atoms with Crippen molar-refractivity contribution in [1.82, 2.24) is 45.2 Å². The van der Waals surface area contributed by atoms with Crippen LogP contribution in [0.15, 0.2) is 19.8 Å². The van der Waals surface area contributed by atoms with Crippen LogP contribution in [0.1, 0.15) is 207 Å². The Kier molecular flexibility index (Phi) is 14.2. The standard InChI is InChI=1S/C10H19N3.3C10H18N2O/c1-9(2,3)8-11-7-13(12-8)10(4,5)6;1-9(2,3)7-11-12-8(13-7)10(4,5)6;2*1-9(2,3)7-11-8(13-12-7)10(4,5)6/h7H,1-6H3;3*1-6H3. The van der Waals surface area contributed by atoms with Gasteiger partial charge in [-0.1, -0.05) is 156 Å². The maximum Gasteiger partial charge on any atom is 0.232 e. The van der Waals surface area contributed by atoms with E-state index in [1.807, 2.05) is 4.68 Å². The highest BCUT2D eigenvalue weighted by molar-refractivity contribution is 5.06. The van der Waals surface area contributed by atoms with Crippen molar-refractivity contribution in [3.05, 3.63) is 47.4 Å². The number of aromatic nitrogens is 9. The molecule has 0 aliphatic rings. The Morgan fingerprint density at radius 1 is 0.404 bits per heavy atom. The molecule has 0 fully saturated rings. The fourth-order valence-electron chi connectivity index (χ4n) is 3.42. The SMILES string of the molecule is CC(C)(C)c1ncn(C(C)(C)C)n1.CC(C)(C)c1nnc(C(C)(C)C)o1.CC(C)(C)c1noc(C(C)(C)C)n1.CC(C)(C)c1noc(C(C)(C)C)n1. The van der Waals surface area contributed by atoms with Gasteiger partial charge in [0.05, 0.1) is 5.54 Å². The maximum atomic E-state index is 5.59. The Morgan fingerprint density at radius 3 is 0.865 bits per heavy atom. The lowest BCUT2D eigenvalue weighted by Crippen LogP contribution is -2.23. The van der Waals surface area contributed by atoms with Crippen molar-refractivity contribution in [2.24, 2.45) is 0 Å². The molecular formula is C40H73N9O3. The monoisotopic (exact) mass is 728 g/mol. The molecule has 0 unspecified atom stereocenters. The van der Waals surface area contributed by atoms with Crippen molar-refractivity contribution in [3.8, 4) is 0 Å². The molecule has 12 nitrogen and oxygen atoms in total. The smallest absolute Gasteiger partial charge is 0.232 e. The molecule has 4 aromatic rings. The fraction of sp³-hybridized carbons (Fsp3) is 0.800. The molecule has 0 saturated heterocycles. The third kappa shape index (κ3) is 14.9. The summed E-state index contributed by atoms with van der Waals surface area (Å²) >= 11 is 0. The highest BCUT2D eigenvalue weighted by Crippen LogP contribution is 2.27. The van der Waals surface area contributed by atoms with Crippen LogP contribution < -0.4 is 0 Å². The average molecular weight is 728 g/mol. The second kappa shape index (κ2) is 15.9. The van der Waals surface area contributed by atoms with Gasteiger partial charge in [-0.2, -0.15) is 15.1 Å². The number of rotatable bonds is 0. The van der Waals surface area contributed by atoms with E-state index < -0.39 is 0 Å². The summed E-state index contributed by atoms with van der Waals surface area (Å²) < 4.78 is 17.9. The zero-order valence-corrected chi connectivity index (χ0v) is 37.3. The summed E-state index contributed by atoms with van der Waals surface area (Å²) in [4.78, 5) is 13.1. The van der Waals surface area contributed by atoms with Gasteiger partial charge in [0, 0.05) is 37.9 Å². The molecule has 0 spiro atoms. The van der Waals surface area contributed by atoms with Crippen LogP contribution in [0.4, 0.5) is 0 Å². The highest BCUT2D eigenvalue weighted by Gasteiger charge is 2.29. The zero-order chi connectivity index (χ0) is 41.1. The van der Waals surface area contributed by atoms with E-state index in [0.717, 1.165) is 17.5 Å². The molecule has 12 heteroatoms. The van der Waals surface area contributed by atoms with E-state index in [1.54, 1.807) is 6.33 Å².